The zero-order valence-electron chi connectivity index (χ0n) is 15.1. The Balaban J connectivity index is 1.87. The Morgan fingerprint density at radius 2 is 2.12 bits per heavy atom. The van der Waals surface area contributed by atoms with Gasteiger partial charge in [0.15, 0.2) is 6.29 Å². The van der Waals surface area contributed by atoms with E-state index in [0.717, 1.165) is 12.8 Å². The van der Waals surface area contributed by atoms with Crippen LogP contribution in [-0.4, -0.2) is 29.3 Å². The lowest BCUT2D eigenvalue weighted by atomic mass is 9.95. The van der Waals surface area contributed by atoms with Gasteiger partial charge < -0.3 is 10.1 Å². The number of hydrogen-bond acceptors (Lipinski definition) is 5. The number of rotatable bonds is 9. The Labute approximate surface area is 153 Å². The van der Waals surface area contributed by atoms with Crippen LogP contribution in [0.2, 0.25) is 0 Å². The van der Waals surface area contributed by atoms with E-state index in [0.29, 0.717) is 37.3 Å². The van der Waals surface area contributed by atoms with Crippen molar-refractivity contribution >= 4 is 17.9 Å². The summed E-state index contributed by atoms with van der Waals surface area (Å²) in [5, 5.41) is 14.0. The number of nitrogens with one attached hydrogen (secondary N) is 1. The molecule has 1 fully saturated rings. The first-order chi connectivity index (χ1) is 12.5. The van der Waals surface area contributed by atoms with Crippen LogP contribution in [0.25, 0.3) is 0 Å². The summed E-state index contributed by atoms with van der Waals surface area (Å²) < 4.78 is 5.82. The zero-order chi connectivity index (χ0) is 18.9. The molecule has 1 saturated carbocycles. The number of amides is 1. The standard InChI is InChI=1S/C19H26N2O5/c1-2-16(9-11-19(23)20-15-6-4-3-5-7-15)26-17-8-10-18(21(24)25)14(12-17)13-22/h8,10,12-13,15-16H,2-7,9,11H2,1H3,(H,20,23). The first-order valence-corrected chi connectivity index (χ1v) is 9.23. The van der Waals surface area contributed by atoms with Gasteiger partial charge in [0.05, 0.1) is 16.6 Å². The van der Waals surface area contributed by atoms with Crippen molar-refractivity contribution in [3.05, 3.63) is 33.9 Å². The molecular weight excluding hydrogens is 336 g/mol. The maximum absolute atomic E-state index is 12.1. The van der Waals surface area contributed by atoms with Gasteiger partial charge in [-0.2, -0.15) is 0 Å². The van der Waals surface area contributed by atoms with Gasteiger partial charge in [0.1, 0.15) is 5.75 Å². The second-order valence-electron chi connectivity index (χ2n) is 6.68. The maximum Gasteiger partial charge on any atom is 0.280 e. The number of nitrogens with zero attached hydrogens (tertiary/aromatic N) is 1. The van der Waals surface area contributed by atoms with Crippen LogP contribution < -0.4 is 10.1 Å². The van der Waals surface area contributed by atoms with E-state index in [1.807, 2.05) is 6.92 Å². The minimum atomic E-state index is -0.597. The van der Waals surface area contributed by atoms with E-state index in [9.17, 15) is 19.7 Å². The summed E-state index contributed by atoms with van der Waals surface area (Å²) >= 11 is 0. The quantitative estimate of drug-likeness (QED) is 0.409. The molecule has 7 heteroatoms. The molecule has 1 aromatic carbocycles. The molecule has 1 aliphatic rings. The lowest BCUT2D eigenvalue weighted by molar-refractivity contribution is -0.385. The molecule has 0 heterocycles. The van der Waals surface area contributed by atoms with Crippen molar-refractivity contribution < 1.29 is 19.2 Å². The molecule has 1 unspecified atom stereocenters. The van der Waals surface area contributed by atoms with Crippen LogP contribution in [0.3, 0.4) is 0 Å². The molecule has 0 aliphatic heterocycles. The van der Waals surface area contributed by atoms with Crippen molar-refractivity contribution in [3.63, 3.8) is 0 Å². The average molecular weight is 362 g/mol. The van der Waals surface area contributed by atoms with Crippen LogP contribution in [0.15, 0.2) is 18.2 Å². The maximum atomic E-state index is 12.1. The van der Waals surface area contributed by atoms with E-state index in [1.165, 1.54) is 37.5 Å². The van der Waals surface area contributed by atoms with Gasteiger partial charge >= 0.3 is 0 Å². The van der Waals surface area contributed by atoms with E-state index < -0.39 is 4.92 Å². The van der Waals surface area contributed by atoms with E-state index in [4.69, 9.17) is 4.74 Å². The largest absolute Gasteiger partial charge is 0.490 e. The highest BCUT2D eigenvalue weighted by Gasteiger charge is 2.18. The third kappa shape index (κ3) is 5.82. The summed E-state index contributed by atoms with van der Waals surface area (Å²) in [6, 6.07) is 4.41. The van der Waals surface area contributed by atoms with Crippen LogP contribution in [0.4, 0.5) is 5.69 Å². The Kier molecular flexibility index (Phi) is 7.56. The molecule has 1 atom stereocenters. The van der Waals surface area contributed by atoms with Crippen molar-refractivity contribution in [2.75, 3.05) is 0 Å². The van der Waals surface area contributed by atoms with E-state index >= 15 is 0 Å². The van der Waals surface area contributed by atoms with Crippen LogP contribution >= 0.6 is 0 Å². The Morgan fingerprint density at radius 3 is 2.73 bits per heavy atom. The number of nitro groups is 1. The zero-order valence-corrected chi connectivity index (χ0v) is 15.1. The SMILES string of the molecule is CCC(CCC(=O)NC1CCCCC1)Oc1ccc([N+](=O)[O-])c(C=O)c1. The minimum absolute atomic E-state index is 0.0163. The predicted molar refractivity (Wildman–Crippen MR) is 97.4 cm³/mol. The number of nitro benzene ring substituents is 1. The predicted octanol–water partition coefficient (Wildman–Crippen LogP) is 3.79. The molecular formula is C19H26N2O5. The smallest absolute Gasteiger partial charge is 0.280 e. The number of carbonyl (C=O) groups is 2. The highest BCUT2D eigenvalue weighted by molar-refractivity contribution is 5.82. The Hall–Kier alpha value is -2.44. The van der Waals surface area contributed by atoms with Gasteiger partial charge in [-0.1, -0.05) is 26.2 Å². The molecule has 0 bridgehead atoms. The summed E-state index contributed by atoms with van der Waals surface area (Å²) in [5.74, 6) is 0.438. The third-order valence-corrected chi connectivity index (χ3v) is 4.74. The molecule has 1 aromatic rings. The molecule has 142 valence electrons. The lowest BCUT2D eigenvalue weighted by Crippen LogP contribution is -2.36. The summed E-state index contributed by atoms with van der Waals surface area (Å²) in [7, 11) is 0. The summed E-state index contributed by atoms with van der Waals surface area (Å²) in [6.45, 7) is 1.95. The number of benzene rings is 1. The van der Waals surface area contributed by atoms with Gasteiger partial charge in [-0.15, -0.1) is 0 Å². The highest BCUT2D eigenvalue weighted by Crippen LogP contribution is 2.24. The summed E-state index contributed by atoms with van der Waals surface area (Å²) in [4.78, 5) is 33.4. The monoisotopic (exact) mass is 362 g/mol. The molecule has 0 aromatic heterocycles. The van der Waals surface area contributed by atoms with E-state index in [-0.39, 0.29) is 23.3 Å². The molecule has 26 heavy (non-hydrogen) atoms. The molecule has 1 N–H and O–H groups in total. The highest BCUT2D eigenvalue weighted by atomic mass is 16.6. The van der Waals surface area contributed by atoms with Crippen LogP contribution in [0, 0.1) is 10.1 Å². The first kappa shape index (κ1) is 19.9. The number of aldehydes is 1. The first-order valence-electron chi connectivity index (χ1n) is 9.23. The molecule has 2 rings (SSSR count). The van der Waals surface area contributed by atoms with Gasteiger partial charge in [0.25, 0.3) is 5.69 Å². The molecule has 1 amide bonds. The molecule has 0 saturated heterocycles. The van der Waals surface area contributed by atoms with Crippen molar-refractivity contribution in [1.29, 1.82) is 0 Å². The van der Waals surface area contributed by atoms with Gasteiger partial charge in [-0.3, -0.25) is 19.7 Å². The molecule has 0 radical (unpaired) electrons. The molecule has 1 aliphatic carbocycles. The van der Waals surface area contributed by atoms with Gasteiger partial charge in [0, 0.05) is 18.5 Å². The van der Waals surface area contributed by atoms with Crippen molar-refractivity contribution in [1.82, 2.24) is 5.32 Å². The lowest BCUT2D eigenvalue weighted by Gasteiger charge is -2.23. The fourth-order valence-corrected chi connectivity index (χ4v) is 3.24. The number of carbonyl (C=O) groups excluding carboxylic acids is 2. The van der Waals surface area contributed by atoms with E-state index in [1.54, 1.807) is 0 Å². The molecule has 7 nitrogen and oxygen atoms in total. The summed E-state index contributed by atoms with van der Waals surface area (Å²) in [5.41, 5.74) is -0.260. The Morgan fingerprint density at radius 1 is 1.38 bits per heavy atom. The number of hydrogen-bond donors (Lipinski definition) is 1. The summed E-state index contributed by atoms with van der Waals surface area (Å²) in [6.07, 6.45) is 7.59. The fraction of sp³-hybridized carbons (Fsp3) is 0.579. The van der Waals surface area contributed by atoms with Crippen LogP contribution in [0.1, 0.15) is 68.6 Å². The fourth-order valence-electron chi connectivity index (χ4n) is 3.24. The third-order valence-electron chi connectivity index (χ3n) is 4.74. The number of ether oxygens (including phenoxy) is 1. The normalized spacial score (nSPS) is 15.9. The Bertz CT molecular complexity index is 641. The second-order valence-corrected chi connectivity index (χ2v) is 6.68. The van der Waals surface area contributed by atoms with Gasteiger partial charge in [0.2, 0.25) is 5.91 Å². The van der Waals surface area contributed by atoms with Crippen molar-refractivity contribution in [2.24, 2.45) is 0 Å². The van der Waals surface area contributed by atoms with Crippen molar-refractivity contribution in [3.8, 4) is 5.75 Å². The average Bonchev–Trinajstić information content (AvgIpc) is 2.65. The van der Waals surface area contributed by atoms with Crippen LogP contribution in [0.5, 0.6) is 5.75 Å². The topological polar surface area (TPSA) is 98.5 Å². The van der Waals surface area contributed by atoms with E-state index in [2.05, 4.69) is 5.32 Å². The minimum Gasteiger partial charge on any atom is -0.490 e. The van der Waals surface area contributed by atoms with Crippen molar-refractivity contribution in [2.45, 2.75) is 70.4 Å². The van der Waals surface area contributed by atoms with Crippen LogP contribution in [-0.2, 0) is 4.79 Å². The van der Waals surface area contributed by atoms with Gasteiger partial charge in [-0.05, 0) is 37.8 Å². The molecule has 0 spiro atoms. The van der Waals surface area contributed by atoms with Gasteiger partial charge in [-0.25, -0.2) is 0 Å². The second kappa shape index (κ2) is 9.89.